The van der Waals surface area contributed by atoms with E-state index in [-0.39, 0.29) is 0 Å². The van der Waals surface area contributed by atoms with Gasteiger partial charge in [-0.15, -0.1) is 0 Å². The highest BCUT2D eigenvalue weighted by Gasteiger charge is 2.13. The number of rotatable bonds is 5. The van der Waals surface area contributed by atoms with Crippen LogP contribution in [0.2, 0.25) is 0 Å². The van der Waals surface area contributed by atoms with Gasteiger partial charge in [0.2, 0.25) is 0 Å². The lowest BCUT2D eigenvalue weighted by Gasteiger charge is -2.11. The van der Waals surface area contributed by atoms with E-state index < -0.39 is 0 Å². The summed E-state index contributed by atoms with van der Waals surface area (Å²) in [4.78, 5) is 13.0. The Morgan fingerprint density at radius 2 is 2.24 bits per heavy atom. The van der Waals surface area contributed by atoms with Crippen LogP contribution in [0.1, 0.15) is 19.6 Å². The first-order valence-electron chi connectivity index (χ1n) is 6.80. The average Bonchev–Trinajstić information content (AvgIpc) is 3.13. The molecule has 0 fully saturated rings. The van der Waals surface area contributed by atoms with Crippen LogP contribution in [0.5, 0.6) is 0 Å². The molecule has 3 aromatic rings. The maximum atomic E-state index is 5.30. The van der Waals surface area contributed by atoms with E-state index >= 15 is 0 Å². The smallest absolute Gasteiger partial charge is 0.169 e. The van der Waals surface area contributed by atoms with E-state index in [0.717, 1.165) is 22.6 Å². The maximum absolute atomic E-state index is 5.30. The molecule has 3 rings (SSSR count). The average molecular weight is 283 g/mol. The van der Waals surface area contributed by atoms with Crippen LogP contribution in [0.15, 0.2) is 42.0 Å². The lowest BCUT2D eigenvalue weighted by Crippen LogP contribution is -2.04. The molecule has 3 heterocycles. The molecule has 0 saturated carbocycles. The van der Waals surface area contributed by atoms with E-state index in [9.17, 15) is 0 Å². The third-order valence-electron chi connectivity index (χ3n) is 3.32. The monoisotopic (exact) mass is 283 g/mol. The van der Waals surface area contributed by atoms with Gasteiger partial charge >= 0.3 is 0 Å². The molecule has 0 radical (unpaired) electrons. The summed E-state index contributed by atoms with van der Waals surface area (Å²) >= 11 is 0. The van der Waals surface area contributed by atoms with E-state index in [2.05, 4.69) is 40.7 Å². The first-order valence-corrected chi connectivity index (χ1v) is 6.80. The summed E-state index contributed by atoms with van der Waals surface area (Å²) in [6, 6.07) is 3.76. The second-order valence-electron chi connectivity index (χ2n) is 5.09. The number of hydrogen-bond donors (Lipinski definition) is 1. The predicted molar refractivity (Wildman–Crippen MR) is 81.5 cm³/mol. The fraction of sp³-hybridized carbons (Fsp3) is 0.267. The molecular formula is C15H17N5O. The second kappa shape index (κ2) is 5.40. The number of furan rings is 1. The Bertz CT molecular complexity index is 758. The number of anilines is 1. The van der Waals surface area contributed by atoms with Crippen molar-refractivity contribution < 1.29 is 4.42 Å². The molecule has 0 amide bonds. The molecule has 3 aromatic heterocycles. The molecule has 1 N–H and O–H groups in total. The summed E-state index contributed by atoms with van der Waals surface area (Å²) in [6.45, 7) is 8.82. The quantitative estimate of drug-likeness (QED) is 0.779. The molecule has 6 heteroatoms. The molecule has 0 aliphatic rings. The molecule has 0 aliphatic heterocycles. The van der Waals surface area contributed by atoms with Gasteiger partial charge in [0.05, 0.1) is 12.8 Å². The van der Waals surface area contributed by atoms with Crippen molar-refractivity contribution in [3.05, 3.63) is 43.4 Å². The Balaban J connectivity index is 1.92. The number of hydrogen-bond acceptors (Lipinski definition) is 5. The number of aromatic nitrogens is 4. The summed E-state index contributed by atoms with van der Waals surface area (Å²) in [5.74, 6) is 1.84. The fourth-order valence-corrected chi connectivity index (χ4v) is 2.04. The molecule has 0 saturated heterocycles. The van der Waals surface area contributed by atoms with Gasteiger partial charge in [-0.2, -0.15) is 0 Å². The van der Waals surface area contributed by atoms with Crippen molar-refractivity contribution in [3.63, 3.8) is 0 Å². The number of imidazole rings is 1. The summed E-state index contributed by atoms with van der Waals surface area (Å²) in [5, 5.41) is 3.22. The van der Waals surface area contributed by atoms with Gasteiger partial charge in [0.15, 0.2) is 17.0 Å². The summed E-state index contributed by atoms with van der Waals surface area (Å²) in [7, 11) is 0. The zero-order chi connectivity index (χ0) is 14.8. The van der Waals surface area contributed by atoms with Crippen LogP contribution in [0.3, 0.4) is 0 Å². The maximum Gasteiger partial charge on any atom is 0.169 e. The van der Waals surface area contributed by atoms with Crippen molar-refractivity contribution in [1.29, 1.82) is 0 Å². The van der Waals surface area contributed by atoms with Crippen LogP contribution < -0.4 is 5.32 Å². The molecular weight excluding hydrogens is 266 g/mol. The minimum atomic E-state index is 0.317. The largest absolute Gasteiger partial charge is 0.467 e. The fourth-order valence-electron chi connectivity index (χ4n) is 2.04. The van der Waals surface area contributed by atoms with Crippen LogP contribution in [0.4, 0.5) is 5.82 Å². The highest BCUT2D eigenvalue weighted by atomic mass is 16.3. The van der Waals surface area contributed by atoms with Crippen LogP contribution in [-0.2, 0) is 6.54 Å². The Hall–Kier alpha value is -2.63. The SMILES string of the molecule is C=C(C(C)C)n1cnc2c(NCc3ccco3)ncnc21. The molecule has 0 spiro atoms. The van der Waals surface area contributed by atoms with Crippen LogP contribution in [-0.4, -0.2) is 19.5 Å². The zero-order valence-electron chi connectivity index (χ0n) is 12.1. The molecule has 0 aliphatic carbocycles. The van der Waals surface area contributed by atoms with Gasteiger partial charge in [0.25, 0.3) is 0 Å². The van der Waals surface area contributed by atoms with Crippen molar-refractivity contribution in [1.82, 2.24) is 19.5 Å². The van der Waals surface area contributed by atoms with Gasteiger partial charge in [0.1, 0.15) is 18.4 Å². The van der Waals surface area contributed by atoms with Crippen LogP contribution in [0, 0.1) is 5.92 Å². The first kappa shape index (κ1) is 13.4. The Kier molecular flexibility index (Phi) is 3.43. The second-order valence-corrected chi connectivity index (χ2v) is 5.09. The van der Waals surface area contributed by atoms with Gasteiger partial charge in [-0.3, -0.25) is 4.57 Å². The topological polar surface area (TPSA) is 68.8 Å². The summed E-state index contributed by atoms with van der Waals surface area (Å²) in [5.41, 5.74) is 2.43. The van der Waals surface area contributed by atoms with Gasteiger partial charge in [-0.05, 0) is 18.1 Å². The minimum absolute atomic E-state index is 0.317. The molecule has 0 atom stereocenters. The Labute approximate surface area is 122 Å². The van der Waals surface area contributed by atoms with E-state index in [1.165, 1.54) is 6.33 Å². The van der Waals surface area contributed by atoms with E-state index in [1.54, 1.807) is 12.6 Å². The van der Waals surface area contributed by atoms with Gasteiger partial charge in [0, 0.05) is 5.70 Å². The Morgan fingerprint density at radius 3 is 2.95 bits per heavy atom. The number of nitrogens with zero attached hydrogens (tertiary/aromatic N) is 4. The van der Waals surface area contributed by atoms with Crippen molar-refractivity contribution in [2.75, 3.05) is 5.32 Å². The molecule has 0 bridgehead atoms. The minimum Gasteiger partial charge on any atom is -0.467 e. The predicted octanol–water partition coefficient (Wildman–Crippen LogP) is 3.16. The van der Waals surface area contributed by atoms with Crippen molar-refractivity contribution >= 4 is 22.7 Å². The third-order valence-corrected chi connectivity index (χ3v) is 3.32. The van der Waals surface area contributed by atoms with E-state index in [4.69, 9.17) is 4.42 Å². The summed E-state index contributed by atoms with van der Waals surface area (Å²) < 4.78 is 7.20. The molecule has 6 nitrogen and oxygen atoms in total. The molecule has 108 valence electrons. The lowest BCUT2D eigenvalue weighted by molar-refractivity contribution is 0.518. The lowest BCUT2D eigenvalue weighted by atomic mass is 10.1. The highest BCUT2D eigenvalue weighted by molar-refractivity contribution is 5.84. The van der Waals surface area contributed by atoms with Gasteiger partial charge < -0.3 is 9.73 Å². The van der Waals surface area contributed by atoms with Gasteiger partial charge in [-0.1, -0.05) is 20.4 Å². The first-order chi connectivity index (χ1) is 10.2. The van der Waals surface area contributed by atoms with Gasteiger partial charge in [-0.25, -0.2) is 15.0 Å². The molecule has 0 aromatic carbocycles. The molecule has 21 heavy (non-hydrogen) atoms. The number of nitrogens with one attached hydrogen (secondary N) is 1. The van der Waals surface area contributed by atoms with Crippen molar-refractivity contribution in [3.8, 4) is 0 Å². The molecule has 0 unspecified atom stereocenters. The van der Waals surface area contributed by atoms with E-state index in [1.807, 2.05) is 16.7 Å². The van der Waals surface area contributed by atoms with Crippen molar-refractivity contribution in [2.24, 2.45) is 5.92 Å². The van der Waals surface area contributed by atoms with Crippen LogP contribution >= 0.6 is 0 Å². The van der Waals surface area contributed by atoms with Crippen LogP contribution in [0.25, 0.3) is 16.9 Å². The number of allylic oxidation sites excluding steroid dienone is 1. The Morgan fingerprint density at radius 1 is 1.38 bits per heavy atom. The summed E-state index contributed by atoms with van der Waals surface area (Å²) in [6.07, 6.45) is 4.91. The van der Waals surface area contributed by atoms with E-state index in [0.29, 0.717) is 18.3 Å². The third kappa shape index (κ3) is 2.52. The highest BCUT2D eigenvalue weighted by Crippen LogP contribution is 2.23. The standard InChI is InChI=1S/C15H17N5O/c1-10(2)11(3)20-9-19-13-14(17-8-18-15(13)20)16-7-12-5-4-6-21-12/h4-6,8-10H,3,7H2,1-2H3,(H,16,17,18). The zero-order valence-corrected chi connectivity index (χ0v) is 12.1. The van der Waals surface area contributed by atoms with Crippen molar-refractivity contribution in [2.45, 2.75) is 20.4 Å². The normalized spacial score (nSPS) is 11.2. The number of fused-ring (bicyclic) bond motifs is 1.